The highest BCUT2D eigenvalue weighted by atomic mass is 32.1. The molecule has 0 spiro atoms. The molecule has 2 heterocycles. The van der Waals surface area contributed by atoms with Gasteiger partial charge >= 0.3 is 0 Å². The third-order valence-corrected chi connectivity index (χ3v) is 1.55. The van der Waals surface area contributed by atoms with Crippen LogP contribution in [-0.4, -0.2) is 37.6 Å². The summed E-state index contributed by atoms with van der Waals surface area (Å²) >= 11 is 4.70. The van der Waals surface area contributed by atoms with Crippen LogP contribution in [-0.2, 0) is 0 Å². The van der Waals surface area contributed by atoms with Gasteiger partial charge in [0, 0.05) is 19.6 Å². The van der Waals surface area contributed by atoms with Crippen LogP contribution in [0, 0.1) is 0 Å². The Morgan fingerprint density at radius 1 is 1.27 bits per heavy atom. The van der Waals surface area contributed by atoms with Gasteiger partial charge in [0.2, 0.25) is 0 Å². The van der Waals surface area contributed by atoms with Crippen LogP contribution < -0.4 is 16.0 Å². The second-order valence-corrected chi connectivity index (χ2v) is 2.58. The molecule has 0 aromatic rings. The fourth-order valence-electron chi connectivity index (χ4n) is 0.737. The lowest BCUT2D eigenvalue weighted by molar-refractivity contribution is 0.942. The van der Waals surface area contributed by atoms with Crippen molar-refractivity contribution in [3.63, 3.8) is 0 Å². The van der Waals surface area contributed by atoms with Crippen LogP contribution in [0.1, 0.15) is 0 Å². The van der Waals surface area contributed by atoms with Gasteiger partial charge in [0.25, 0.3) is 0 Å². The van der Waals surface area contributed by atoms with Crippen molar-refractivity contribution in [3.05, 3.63) is 0 Å². The van der Waals surface area contributed by atoms with E-state index in [0.29, 0.717) is 0 Å². The maximum Gasteiger partial charge on any atom is 0.166 e. The smallest absolute Gasteiger partial charge is 0.166 e. The standard InChI is InChI=1S/C3H6N2S.C3H6N2/c6-3-4-1-2-5-3;1-2-5-3-4-1/h1-2H2,(H2,4,5,6);3H,1-2H2,(H,4,5). The first-order valence-electron chi connectivity index (χ1n) is 3.63. The lowest BCUT2D eigenvalue weighted by atomic mass is 10.7. The van der Waals surface area contributed by atoms with Crippen LogP contribution in [0.25, 0.3) is 0 Å². The second kappa shape index (κ2) is 4.90. The van der Waals surface area contributed by atoms with Gasteiger partial charge in [-0.15, -0.1) is 0 Å². The molecule has 0 saturated carbocycles. The van der Waals surface area contributed by atoms with Gasteiger partial charge in [-0.1, -0.05) is 0 Å². The van der Waals surface area contributed by atoms with E-state index in [-0.39, 0.29) is 0 Å². The molecule has 0 unspecified atom stereocenters. The van der Waals surface area contributed by atoms with Gasteiger partial charge in [-0.3, -0.25) is 4.99 Å². The minimum atomic E-state index is 0.787. The Labute approximate surface area is 71.5 Å². The number of nitrogens with one attached hydrogen (secondary N) is 3. The molecule has 0 atom stereocenters. The van der Waals surface area contributed by atoms with E-state index in [1.807, 2.05) is 0 Å². The zero-order valence-electron chi connectivity index (χ0n) is 6.26. The Bertz CT molecular complexity index is 143. The number of hydrogen-bond acceptors (Lipinski definition) is 3. The molecule has 0 aromatic carbocycles. The Hall–Kier alpha value is -0.840. The SMILES string of the molecule is C1=NCCN1.S=C1NCCN1. The van der Waals surface area contributed by atoms with Crippen molar-refractivity contribution in [1.82, 2.24) is 16.0 Å². The van der Waals surface area contributed by atoms with Crippen molar-refractivity contribution in [3.8, 4) is 0 Å². The van der Waals surface area contributed by atoms with Crippen molar-refractivity contribution in [2.45, 2.75) is 0 Å². The summed E-state index contributed by atoms with van der Waals surface area (Å²) in [5.74, 6) is 0. The molecule has 2 aliphatic rings. The molecule has 0 bridgehead atoms. The topological polar surface area (TPSA) is 48.5 Å². The van der Waals surface area contributed by atoms with Crippen LogP contribution in [0.4, 0.5) is 0 Å². The highest BCUT2D eigenvalue weighted by Crippen LogP contribution is 1.71. The van der Waals surface area contributed by atoms with Gasteiger partial charge < -0.3 is 16.0 Å². The zero-order valence-corrected chi connectivity index (χ0v) is 7.08. The van der Waals surface area contributed by atoms with Crippen molar-refractivity contribution in [1.29, 1.82) is 0 Å². The van der Waals surface area contributed by atoms with Crippen molar-refractivity contribution in [2.24, 2.45) is 4.99 Å². The molecular weight excluding hydrogens is 160 g/mol. The summed E-state index contributed by atoms with van der Waals surface area (Å²) in [4.78, 5) is 3.85. The van der Waals surface area contributed by atoms with Crippen LogP contribution >= 0.6 is 12.2 Å². The number of rotatable bonds is 0. The molecule has 1 fully saturated rings. The summed E-state index contributed by atoms with van der Waals surface area (Å²) in [5, 5.41) is 9.60. The van der Waals surface area contributed by atoms with Gasteiger partial charge in [0.1, 0.15) is 0 Å². The second-order valence-electron chi connectivity index (χ2n) is 2.17. The minimum absolute atomic E-state index is 0.787. The molecule has 2 rings (SSSR count). The highest BCUT2D eigenvalue weighted by Gasteiger charge is 1.98. The van der Waals surface area contributed by atoms with E-state index < -0.39 is 0 Å². The van der Waals surface area contributed by atoms with E-state index >= 15 is 0 Å². The summed E-state index contributed by atoms with van der Waals surface area (Å²) in [5.41, 5.74) is 0. The largest absolute Gasteiger partial charge is 0.375 e. The van der Waals surface area contributed by atoms with Gasteiger partial charge in [0.05, 0.1) is 12.9 Å². The Balaban J connectivity index is 0.000000112. The zero-order chi connectivity index (χ0) is 7.94. The van der Waals surface area contributed by atoms with Crippen LogP contribution in [0.3, 0.4) is 0 Å². The highest BCUT2D eigenvalue weighted by molar-refractivity contribution is 7.80. The Kier molecular flexibility index (Phi) is 3.68. The van der Waals surface area contributed by atoms with Crippen LogP contribution in [0.5, 0.6) is 0 Å². The van der Waals surface area contributed by atoms with Gasteiger partial charge in [0.15, 0.2) is 5.11 Å². The van der Waals surface area contributed by atoms with Crippen molar-refractivity contribution < 1.29 is 0 Å². The minimum Gasteiger partial charge on any atom is -0.375 e. The third kappa shape index (κ3) is 3.77. The van der Waals surface area contributed by atoms with E-state index in [2.05, 4.69) is 20.9 Å². The van der Waals surface area contributed by atoms with Crippen molar-refractivity contribution in [2.75, 3.05) is 26.2 Å². The molecule has 3 N–H and O–H groups in total. The molecule has 4 nitrogen and oxygen atoms in total. The first-order chi connectivity index (χ1) is 5.39. The monoisotopic (exact) mass is 172 g/mol. The van der Waals surface area contributed by atoms with E-state index in [4.69, 9.17) is 12.2 Å². The summed E-state index contributed by atoms with van der Waals surface area (Å²) in [6, 6.07) is 0. The van der Waals surface area contributed by atoms with Gasteiger partial charge in [-0.2, -0.15) is 0 Å². The number of aliphatic imine (C=N–C) groups is 1. The third-order valence-electron chi connectivity index (χ3n) is 1.26. The Morgan fingerprint density at radius 3 is 2.18 bits per heavy atom. The lowest BCUT2D eigenvalue weighted by Gasteiger charge is -1.85. The molecule has 5 heteroatoms. The van der Waals surface area contributed by atoms with Crippen molar-refractivity contribution >= 4 is 23.7 Å². The van der Waals surface area contributed by atoms with E-state index in [1.54, 1.807) is 6.34 Å². The van der Waals surface area contributed by atoms with Crippen LogP contribution in [0.15, 0.2) is 4.99 Å². The number of hydrogen-bond donors (Lipinski definition) is 3. The molecule has 0 aliphatic carbocycles. The average Bonchev–Trinajstić information content (AvgIpc) is 2.57. The lowest BCUT2D eigenvalue weighted by Crippen LogP contribution is -2.19. The fourth-order valence-corrected chi connectivity index (χ4v) is 0.941. The van der Waals surface area contributed by atoms with Gasteiger partial charge in [-0.25, -0.2) is 0 Å². The molecular formula is C6H12N4S. The average molecular weight is 172 g/mol. The molecule has 0 amide bonds. The first kappa shape index (κ1) is 8.26. The maximum atomic E-state index is 4.70. The summed E-state index contributed by atoms with van der Waals surface area (Å²) < 4.78 is 0. The molecule has 1 saturated heterocycles. The van der Waals surface area contributed by atoms with Crippen LogP contribution in [0.2, 0.25) is 0 Å². The number of thiocarbonyl (C=S) groups is 1. The first-order valence-corrected chi connectivity index (χ1v) is 4.04. The Morgan fingerprint density at radius 2 is 2.00 bits per heavy atom. The summed E-state index contributed by atoms with van der Waals surface area (Å²) in [7, 11) is 0. The molecule has 11 heavy (non-hydrogen) atoms. The van der Waals surface area contributed by atoms with E-state index in [9.17, 15) is 0 Å². The fraction of sp³-hybridized carbons (Fsp3) is 0.667. The summed E-state index contributed by atoms with van der Waals surface area (Å²) in [6.07, 6.45) is 1.74. The number of nitrogens with zero attached hydrogens (tertiary/aromatic N) is 1. The van der Waals surface area contributed by atoms with Gasteiger partial charge in [-0.05, 0) is 12.2 Å². The molecule has 2 aliphatic heterocycles. The predicted octanol–water partition coefficient (Wildman–Crippen LogP) is -0.918. The summed E-state index contributed by atoms with van der Waals surface area (Å²) in [6.45, 7) is 3.96. The predicted molar refractivity (Wildman–Crippen MR) is 50.0 cm³/mol. The molecule has 0 radical (unpaired) electrons. The molecule has 62 valence electrons. The maximum absolute atomic E-state index is 4.70. The molecule has 0 aromatic heterocycles. The normalized spacial score (nSPS) is 19.5. The van der Waals surface area contributed by atoms with E-state index in [1.165, 1.54) is 0 Å². The quantitative estimate of drug-likeness (QED) is 0.414. The van der Waals surface area contributed by atoms with E-state index in [0.717, 1.165) is 31.3 Å².